The molecule has 1 unspecified atom stereocenters. The van der Waals surface area contributed by atoms with Gasteiger partial charge in [0.1, 0.15) is 11.5 Å². The Hall–Kier alpha value is -4.04. The number of hydrogen-bond donors (Lipinski definition) is 1. The first-order valence-electron chi connectivity index (χ1n) is 9.75. The summed E-state index contributed by atoms with van der Waals surface area (Å²) < 4.78 is 0. The maximum absolute atomic E-state index is 12.5. The van der Waals surface area contributed by atoms with Crippen LogP contribution in [0.3, 0.4) is 0 Å². The van der Waals surface area contributed by atoms with Gasteiger partial charge in [-0.05, 0) is 72.9 Å². The molecule has 4 heterocycles. The second kappa shape index (κ2) is 7.41. The van der Waals surface area contributed by atoms with Crippen LogP contribution in [0, 0.1) is 18.8 Å². The average molecular weight is 390 g/mol. The van der Waals surface area contributed by atoms with Crippen molar-refractivity contribution in [3.8, 4) is 11.8 Å². The number of benzene rings is 1. The Morgan fingerprint density at radius 2 is 1.90 bits per heavy atom. The molecule has 1 N–H and O–H groups in total. The standard InChI is InChI=1S/C25H18N4O/c1-16-13-23-18(5-7-20(28-23)6-4-17-8-11-26-12-9-17)14-19(16)15-22-21-3-2-10-27-24(21)29-25(22)30/h2-3,5,7-14,22H,15H2,1H3,(H,27,29,30). The van der Waals surface area contributed by atoms with Gasteiger partial charge in [0.15, 0.2) is 0 Å². The van der Waals surface area contributed by atoms with Crippen molar-refractivity contribution in [1.29, 1.82) is 0 Å². The van der Waals surface area contributed by atoms with E-state index in [0.29, 0.717) is 12.2 Å². The minimum Gasteiger partial charge on any atom is -0.310 e. The molecule has 30 heavy (non-hydrogen) atoms. The Labute approximate surface area is 174 Å². The van der Waals surface area contributed by atoms with Gasteiger partial charge in [-0.25, -0.2) is 9.97 Å². The Morgan fingerprint density at radius 3 is 2.77 bits per heavy atom. The molecule has 4 aromatic rings. The minimum absolute atomic E-state index is 0.00283. The van der Waals surface area contributed by atoms with Gasteiger partial charge < -0.3 is 5.32 Å². The van der Waals surface area contributed by atoms with Gasteiger partial charge in [-0.2, -0.15) is 0 Å². The highest BCUT2D eigenvalue weighted by Crippen LogP contribution is 2.34. The smallest absolute Gasteiger partial charge is 0.233 e. The summed E-state index contributed by atoms with van der Waals surface area (Å²) in [4.78, 5) is 25.4. The van der Waals surface area contributed by atoms with E-state index in [4.69, 9.17) is 4.98 Å². The van der Waals surface area contributed by atoms with Gasteiger partial charge >= 0.3 is 0 Å². The topological polar surface area (TPSA) is 67.8 Å². The van der Waals surface area contributed by atoms with Crippen LogP contribution in [0.2, 0.25) is 0 Å². The predicted molar refractivity (Wildman–Crippen MR) is 116 cm³/mol. The lowest BCUT2D eigenvalue weighted by molar-refractivity contribution is -0.117. The quantitative estimate of drug-likeness (QED) is 0.525. The summed E-state index contributed by atoms with van der Waals surface area (Å²) >= 11 is 0. The van der Waals surface area contributed by atoms with Crippen molar-refractivity contribution in [3.63, 3.8) is 0 Å². The van der Waals surface area contributed by atoms with E-state index >= 15 is 0 Å². The van der Waals surface area contributed by atoms with E-state index in [9.17, 15) is 4.79 Å². The van der Waals surface area contributed by atoms with Crippen LogP contribution in [-0.4, -0.2) is 20.9 Å². The highest BCUT2D eigenvalue weighted by Gasteiger charge is 2.31. The van der Waals surface area contributed by atoms with Gasteiger partial charge in [0.05, 0.1) is 11.4 Å². The fourth-order valence-electron chi connectivity index (χ4n) is 3.75. The van der Waals surface area contributed by atoms with Gasteiger partial charge in [-0.15, -0.1) is 0 Å². The zero-order valence-corrected chi connectivity index (χ0v) is 16.4. The number of carbonyl (C=O) groups excluding carboxylic acids is 1. The number of carbonyl (C=O) groups is 1. The SMILES string of the molecule is Cc1cc2nc(C#Cc3ccncc3)ccc2cc1CC1C(=O)Nc2ncccc21. The molecular weight excluding hydrogens is 372 g/mol. The molecule has 5 rings (SSSR count). The predicted octanol–water partition coefficient (Wildman–Crippen LogP) is 4.01. The Morgan fingerprint density at radius 1 is 1.03 bits per heavy atom. The number of amides is 1. The first kappa shape index (κ1) is 18.0. The van der Waals surface area contributed by atoms with Crippen molar-refractivity contribution in [3.05, 3.63) is 95.1 Å². The number of fused-ring (bicyclic) bond motifs is 2. The first-order chi connectivity index (χ1) is 14.7. The third-order valence-electron chi connectivity index (χ3n) is 5.36. The van der Waals surface area contributed by atoms with Crippen molar-refractivity contribution in [2.75, 3.05) is 5.32 Å². The van der Waals surface area contributed by atoms with Gasteiger partial charge in [0.2, 0.25) is 5.91 Å². The van der Waals surface area contributed by atoms with E-state index < -0.39 is 0 Å². The van der Waals surface area contributed by atoms with E-state index in [1.807, 2.05) is 36.4 Å². The molecule has 0 spiro atoms. The number of rotatable bonds is 2. The Balaban J connectivity index is 1.45. The second-order valence-electron chi connectivity index (χ2n) is 7.34. The number of aromatic nitrogens is 3. The average Bonchev–Trinajstić information content (AvgIpc) is 3.08. The van der Waals surface area contributed by atoms with E-state index in [0.717, 1.165) is 38.9 Å². The normalized spacial score (nSPS) is 14.7. The summed E-state index contributed by atoms with van der Waals surface area (Å²) in [6.45, 7) is 2.06. The van der Waals surface area contributed by atoms with Crippen LogP contribution < -0.4 is 5.32 Å². The fraction of sp³-hybridized carbons (Fsp3) is 0.120. The van der Waals surface area contributed by atoms with Crippen LogP contribution in [0.1, 0.15) is 33.9 Å². The summed E-state index contributed by atoms with van der Waals surface area (Å²) in [5, 5.41) is 3.91. The third kappa shape index (κ3) is 3.40. The molecule has 1 amide bonds. The molecule has 1 aliphatic heterocycles. The number of hydrogen-bond acceptors (Lipinski definition) is 4. The zero-order chi connectivity index (χ0) is 20.5. The molecule has 0 fully saturated rings. The number of nitrogens with one attached hydrogen (secondary N) is 1. The summed E-state index contributed by atoms with van der Waals surface area (Å²) in [6, 6.07) is 15.7. The molecule has 0 saturated carbocycles. The highest BCUT2D eigenvalue weighted by molar-refractivity contribution is 6.02. The van der Waals surface area contributed by atoms with E-state index in [-0.39, 0.29) is 11.8 Å². The number of aryl methyl sites for hydroxylation is 1. The van der Waals surface area contributed by atoms with Crippen molar-refractivity contribution < 1.29 is 4.79 Å². The first-order valence-corrected chi connectivity index (χ1v) is 9.75. The lowest BCUT2D eigenvalue weighted by Crippen LogP contribution is -2.14. The van der Waals surface area contributed by atoms with E-state index in [2.05, 4.69) is 46.2 Å². The summed E-state index contributed by atoms with van der Waals surface area (Å²) in [7, 11) is 0. The molecule has 3 aromatic heterocycles. The van der Waals surface area contributed by atoms with Crippen molar-refractivity contribution >= 4 is 22.6 Å². The number of anilines is 1. The van der Waals surface area contributed by atoms with Crippen molar-refractivity contribution in [2.45, 2.75) is 19.3 Å². The molecule has 0 radical (unpaired) electrons. The lowest BCUT2D eigenvalue weighted by Gasteiger charge is -2.12. The fourth-order valence-corrected chi connectivity index (χ4v) is 3.75. The number of pyridine rings is 3. The molecule has 1 aliphatic rings. The Bertz CT molecular complexity index is 1340. The molecule has 1 atom stereocenters. The Kier molecular flexibility index (Phi) is 4.45. The summed E-state index contributed by atoms with van der Waals surface area (Å²) in [5.74, 6) is 6.68. The van der Waals surface area contributed by atoms with Crippen LogP contribution in [0.15, 0.2) is 67.1 Å². The van der Waals surface area contributed by atoms with Gasteiger partial charge in [-0.1, -0.05) is 12.0 Å². The maximum atomic E-state index is 12.5. The van der Waals surface area contributed by atoms with Crippen LogP contribution in [0.25, 0.3) is 10.9 Å². The number of nitrogens with zero attached hydrogens (tertiary/aromatic N) is 3. The molecular formula is C25H18N4O. The molecule has 0 aliphatic carbocycles. The van der Waals surface area contributed by atoms with Gasteiger partial charge in [0, 0.05) is 35.1 Å². The highest BCUT2D eigenvalue weighted by atomic mass is 16.2. The van der Waals surface area contributed by atoms with E-state index in [1.165, 1.54) is 0 Å². The molecule has 1 aromatic carbocycles. The van der Waals surface area contributed by atoms with Gasteiger partial charge in [-0.3, -0.25) is 9.78 Å². The van der Waals surface area contributed by atoms with Crippen molar-refractivity contribution in [1.82, 2.24) is 15.0 Å². The van der Waals surface area contributed by atoms with Crippen LogP contribution >= 0.6 is 0 Å². The molecule has 144 valence electrons. The van der Waals surface area contributed by atoms with E-state index in [1.54, 1.807) is 18.6 Å². The van der Waals surface area contributed by atoms with Crippen LogP contribution in [0.5, 0.6) is 0 Å². The summed E-state index contributed by atoms with van der Waals surface area (Å²) in [6.07, 6.45) is 5.78. The lowest BCUT2D eigenvalue weighted by atomic mass is 9.91. The molecule has 5 nitrogen and oxygen atoms in total. The van der Waals surface area contributed by atoms with Crippen molar-refractivity contribution in [2.24, 2.45) is 0 Å². The second-order valence-corrected chi connectivity index (χ2v) is 7.34. The van der Waals surface area contributed by atoms with Gasteiger partial charge in [0.25, 0.3) is 0 Å². The monoisotopic (exact) mass is 390 g/mol. The molecule has 5 heteroatoms. The van der Waals surface area contributed by atoms with Crippen LogP contribution in [-0.2, 0) is 11.2 Å². The molecule has 0 saturated heterocycles. The molecule has 0 bridgehead atoms. The largest absolute Gasteiger partial charge is 0.310 e. The summed E-state index contributed by atoms with van der Waals surface area (Å²) in [5.41, 5.74) is 5.73. The third-order valence-corrected chi connectivity index (χ3v) is 5.36. The maximum Gasteiger partial charge on any atom is 0.233 e. The van der Waals surface area contributed by atoms with Crippen LogP contribution in [0.4, 0.5) is 5.82 Å². The minimum atomic E-state index is -0.219. The zero-order valence-electron chi connectivity index (χ0n) is 16.4.